The van der Waals surface area contributed by atoms with Crippen LogP contribution in [0.25, 0.3) is 0 Å². The van der Waals surface area contributed by atoms with Crippen LogP contribution in [0.15, 0.2) is 48.5 Å². The second-order valence-corrected chi connectivity index (χ2v) is 3.21. The molecule has 0 N–H and O–H groups in total. The van der Waals surface area contributed by atoms with Crippen LogP contribution in [-0.4, -0.2) is 0 Å². The molecule has 19 heavy (non-hydrogen) atoms. The zero-order valence-electron chi connectivity index (χ0n) is 9.69. The Kier molecular flexibility index (Phi) is 8.19. The van der Waals surface area contributed by atoms with E-state index in [0.29, 0.717) is 0 Å². The molecule has 0 aromatic heterocycles. The Labute approximate surface area is 126 Å². The van der Waals surface area contributed by atoms with Gasteiger partial charge in [0.25, 0.3) is 0 Å². The third kappa shape index (κ3) is 5.52. The Morgan fingerprint density at radius 1 is 0.684 bits per heavy atom. The Hall–Kier alpha value is -1.89. The molecule has 0 unspecified atom stereocenters. The molecule has 0 aliphatic carbocycles. The second kappa shape index (κ2) is 9.09. The van der Waals surface area contributed by atoms with Crippen LogP contribution in [0.5, 0.6) is 0 Å². The van der Waals surface area contributed by atoms with Gasteiger partial charge in [-0.1, -0.05) is 35.4 Å². The molecule has 96 valence electrons. The van der Waals surface area contributed by atoms with Gasteiger partial charge in [0, 0.05) is 0 Å². The Balaban J connectivity index is 0.000000324. The van der Waals surface area contributed by atoms with Gasteiger partial charge in [-0.3, -0.25) is 11.8 Å². The molecule has 0 fully saturated rings. The number of rotatable bonds is 0. The first-order chi connectivity index (χ1) is 8.69. The number of halogens is 2. The van der Waals surface area contributed by atoms with E-state index in [9.17, 15) is 8.78 Å². The largest absolute Gasteiger partial charge is 2.00 e. The quantitative estimate of drug-likeness (QED) is 0.441. The van der Waals surface area contributed by atoms with Crippen molar-refractivity contribution >= 4 is 0 Å². The van der Waals surface area contributed by atoms with Gasteiger partial charge in [0.05, 0.1) is 11.6 Å². The van der Waals surface area contributed by atoms with Crippen LogP contribution in [0.4, 0.5) is 8.78 Å². The SMILES string of the molecule is [C-]#Cc1ccccc1F.[C-]#Cc1ccccc1F.[Pt+2]. The average Bonchev–Trinajstić information content (AvgIpc) is 2.41. The van der Waals surface area contributed by atoms with Crippen molar-refractivity contribution in [3.05, 3.63) is 84.1 Å². The first kappa shape index (κ1) is 17.1. The smallest absolute Gasteiger partial charge is 0.366 e. The fourth-order valence-electron chi connectivity index (χ4n) is 1.13. The monoisotopic (exact) mass is 433 g/mol. The zero-order valence-corrected chi connectivity index (χ0v) is 12.0. The van der Waals surface area contributed by atoms with Crippen molar-refractivity contribution in [1.82, 2.24) is 0 Å². The molecule has 3 heteroatoms. The molecule has 2 aromatic carbocycles. The number of benzene rings is 2. The third-order valence-electron chi connectivity index (χ3n) is 2.02. The van der Waals surface area contributed by atoms with E-state index in [4.69, 9.17) is 12.8 Å². The fourth-order valence-corrected chi connectivity index (χ4v) is 1.13. The fraction of sp³-hybridized carbons (Fsp3) is 0. The molecular weight excluding hydrogens is 425 g/mol. The topological polar surface area (TPSA) is 0 Å². The van der Waals surface area contributed by atoms with Gasteiger partial charge in [0.2, 0.25) is 0 Å². The summed E-state index contributed by atoms with van der Waals surface area (Å²) in [5.74, 6) is 3.15. The molecule has 0 atom stereocenters. The van der Waals surface area contributed by atoms with E-state index < -0.39 is 11.6 Å². The maximum Gasteiger partial charge on any atom is 2.00 e. The van der Waals surface area contributed by atoms with Gasteiger partial charge in [-0.2, -0.15) is 0 Å². The van der Waals surface area contributed by atoms with Crippen LogP contribution in [0.2, 0.25) is 0 Å². The number of hydrogen-bond acceptors (Lipinski definition) is 0. The summed E-state index contributed by atoms with van der Waals surface area (Å²) in [7, 11) is 0. The van der Waals surface area contributed by atoms with Gasteiger partial charge in [0.1, 0.15) is 0 Å². The summed E-state index contributed by atoms with van der Waals surface area (Å²) in [4.78, 5) is 0. The van der Waals surface area contributed by atoms with Crippen LogP contribution in [0, 0.1) is 36.3 Å². The van der Waals surface area contributed by atoms with Crippen molar-refractivity contribution < 1.29 is 29.8 Å². The van der Waals surface area contributed by atoms with E-state index in [1.807, 2.05) is 11.8 Å². The average molecular weight is 433 g/mol. The maximum absolute atomic E-state index is 12.4. The molecule has 0 heterocycles. The van der Waals surface area contributed by atoms with Crippen molar-refractivity contribution in [1.29, 1.82) is 0 Å². The van der Waals surface area contributed by atoms with Crippen LogP contribution in [0.3, 0.4) is 0 Å². The minimum absolute atomic E-state index is 0. The first-order valence-electron chi connectivity index (χ1n) is 5.03. The molecule has 0 nitrogen and oxygen atoms in total. The van der Waals surface area contributed by atoms with E-state index in [2.05, 4.69) is 0 Å². The maximum atomic E-state index is 12.4. The summed E-state index contributed by atoms with van der Waals surface area (Å²) in [5.41, 5.74) is 0.412. The van der Waals surface area contributed by atoms with Crippen LogP contribution in [-0.2, 0) is 21.1 Å². The van der Waals surface area contributed by atoms with Gasteiger partial charge < -0.3 is 12.8 Å². The Morgan fingerprint density at radius 3 is 1.21 bits per heavy atom. The predicted molar refractivity (Wildman–Crippen MR) is 65.3 cm³/mol. The number of hydrogen-bond donors (Lipinski definition) is 0. The van der Waals surface area contributed by atoms with Crippen molar-refractivity contribution in [2.24, 2.45) is 0 Å². The molecule has 0 aliphatic heterocycles. The molecule has 0 spiro atoms. The minimum atomic E-state index is -0.396. The van der Waals surface area contributed by atoms with Gasteiger partial charge in [0.15, 0.2) is 0 Å². The van der Waals surface area contributed by atoms with Gasteiger partial charge in [-0.25, -0.2) is 8.78 Å². The summed E-state index contributed by atoms with van der Waals surface area (Å²) in [6.45, 7) is 0. The minimum Gasteiger partial charge on any atom is -0.366 e. The summed E-state index contributed by atoms with van der Waals surface area (Å²) >= 11 is 0. The summed E-state index contributed by atoms with van der Waals surface area (Å²) in [6, 6.07) is 12.1. The van der Waals surface area contributed by atoms with E-state index in [1.165, 1.54) is 24.3 Å². The van der Waals surface area contributed by atoms with Crippen molar-refractivity contribution in [3.63, 3.8) is 0 Å². The van der Waals surface area contributed by atoms with E-state index in [1.54, 1.807) is 24.3 Å². The van der Waals surface area contributed by atoms with Gasteiger partial charge in [-0.05, 0) is 12.1 Å². The molecule has 0 saturated heterocycles. The normalized spacial score (nSPS) is 8.00. The predicted octanol–water partition coefficient (Wildman–Crippen LogP) is 3.52. The zero-order chi connectivity index (χ0) is 13.4. The van der Waals surface area contributed by atoms with Crippen molar-refractivity contribution in [2.75, 3.05) is 0 Å². The van der Waals surface area contributed by atoms with Crippen LogP contribution >= 0.6 is 0 Å². The van der Waals surface area contributed by atoms with Gasteiger partial charge in [-0.15, -0.1) is 12.1 Å². The second-order valence-electron chi connectivity index (χ2n) is 3.21. The summed E-state index contributed by atoms with van der Waals surface area (Å²) in [5, 5.41) is 0. The van der Waals surface area contributed by atoms with E-state index in [-0.39, 0.29) is 32.2 Å². The molecule has 0 saturated carbocycles. The Morgan fingerprint density at radius 2 is 1.00 bits per heavy atom. The van der Waals surface area contributed by atoms with Crippen LogP contribution < -0.4 is 0 Å². The standard InChI is InChI=1S/2C8H4F.Pt/c2*1-2-7-5-3-4-6-8(7)9;/h2*3-6H;/q2*-1;+2. The molecule has 0 bridgehead atoms. The van der Waals surface area contributed by atoms with E-state index >= 15 is 0 Å². The van der Waals surface area contributed by atoms with Crippen molar-refractivity contribution in [2.45, 2.75) is 0 Å². The van der Waals surface area contributed by atoms with Crippen LogP contribution in [0.1, 0.15) is 11.1 Å². The summed E-state index contributed by atoms with van der Waals surface area (Å²) < 4.78 is 24.8. The summed E-state index contributed by atoms with van der Waals surface area (Å²) in [6.07, 6.45) is 13.2. The van der Waals surface area contributed by atoms with Crippen molar-refractivity contribution in [3.8, 4) is 11.8 Å². The molecule has 0 amide bonds. The molecule has 2 rings (SSSR count). The Bertz CT molecular complexity index is 551. The van der Waals surface area contributed by atoms with Gasteiger partial charge >= 0.3 is 21.1 Å². The molecule has 0 radical (unpaired) electrons. The molecular formula is C16H8F2Pt. The molecule has 2 aromatic rings. The van der Waals surface area contributed by atoms with E-state index in [0.717, 1.165) is 0 Å². The first-order valence-corrected chi connectivity index (χ1v) is 5.03. The molecule has 0 aliphatic rings. The third-order valence-corrected chi connectivity index (χ3v) is 2.02.